The summed E-state index contributed by atoms with van der Waals surface area (Å²) in [6.07, 6.45) is 1.56. The molecule has 1 N–H and O–H groups in total. The maximum atomic E-state index is 14.4. The number of nitrogens with zero attached hydrogens (tertiary/aromatic N) is 2. The topological polar surface area (TPSA) is 73.6 Å². The summed E-state index contributed by atoms with van der Waals surface area (Å²) < 4.78 is 33.8. The van der Waals surface area contributed by atoms with Crippen LogP contribution in [0.5, 0.6) is 0 Å². The number of carbonyl (C=O) groups excluding carboxylic acids is 1. The molecular formula is C13H18F2N2O3. The second-order valence-electron chi connectivity index (χ2n) is 5.38. The Kier molecular flexibility index (Phi) is 4.25. The van der Waals surface area contributed by atoms with Crippen LogP contribution < -0.4 is 0 Å². The number of carbonyl (C=O) groups is 1. The summed E-state index contributed by atoms with van der Waals surface area (Å²) in [5.41, 5.74) is -2.29. The Hall–Kier alpha value is -1.26. The summed E-state index contributed by atoms with van der Waals surface area (Å²) in [5, 5.41) is 19.1. The molecule has 1 amide bonds. The van der Waals surface area contributed by atoms with Gasteiger partial charge >= 0.3 is 5.92 Å². The number of ether oxygens (including phenoxy) is 1. The van der Waals surface area contributed by atoms with E-state index in [0.29, 0.717) is 12.8 Å². The van der Waals surface area contributed by atoms with Crippen molar-refractivity contribution in [2.24, 2.45) is 0 Å². The molecule has 0 aromatic heterocycles. The maximum Gasteiger partial charge on any atom is 0.352 e. The fraction of sp³-hybridized carbons (Fsp3) is 0.846. The molecule has 0 radical (unpaired) electrons. The zero-order chi connectivity index (χ0) is 14.8. The van der Waals surface area contributed by atoms with Crippen molar-refractivity contribution in [1.29, 1.82) is 5.26 Å². The van der Waals surface area contributed by atoms with Crippen LogP contribution >= 0.6 is 0 Å². The molecule has 0 aromatic carbocycles. The lowest BCUT2D eigenvalue weighted by molar-refractivity contribution is -0.213. The van der Waals surface area contributed by atoms with Crippen LogP contribution in [0, 0.1) is 11.3 Å². The Balaban J connectivity index is 2.19. The van der Waals surface area contributed by atoms with Crippen molar-refractivity contribution >= 4 is 5.91 Å². The van der Waals surface area contributed by atoms with E-state index in [1.807, 2.05) is 0 Å². The molecule has 0 aromatic rings. The number of hydrogen-bond acceptors (Lipinski definition) is 4. The molecule has 1 aliphatic heterocycles. The highest BCUT2D eigenvalue weighted by Gasteiger charge is 2.60. The van der Waals surface area contributed by atoms with Crippen LogP contribution in [0.15, 0.2) is 0 Å². The second-order valence-corrected chi connectivity index (χ2v) is 5.38. The minimum Gasteiger partial charge on any atom is -0.383 e. The molecule has 1 saturated carbocycles. The van der Waals surface area contributed by atoms with Crippen LogP contribution in [0.1, 0.15) is 32.1 Å². The van der Waals surface area contributed by atoms with Crippen molar-refractivity contribution in [3.05, 3.63) is 0 Å². The summed E-state index contributed by atoms with van der Waals surface area (Å²) in [7, 11) is 0. The molecule has 1 aliphatic carbocycles. The molecule has 2 rings (SSSR count). The third kappa shape index (κ3) is 2.50. The second kappa shape index (κ2) is 5.62. The van der Waals surface area contributed by atoms with Crippen LogP contribution in [0.2, 0.25) is 0 Å². The van der Waals surface area contributed by atoms with Crippen molar-refractivity contribution < 1.29 is 23.4 Å². The van der Waals surface area contributed by atoms with Gasteiger partial charge in [-0.3, -0.25) is 4.79 Å². The summed E-state index contributed by atoms with van der Waals surface area (Å²) >= 11 is 0. The predicted molar refractivity (Wildman–Crippen MR) is 64.9 cm³/mol. The van der Waals surface area contributed by atoms with E-state index in [2.05, 4.69) is 0 Å². The van der Waals surface area contributed by atoms with Gasteiger partial charge in [0.1, 0.15) is 11.6 Å². The molecule has 0 spiro atoms. The van der Waals surface area contributed by atoms with E-state index >= 15 is 0 Å². The zero-order valence-electron chi connectivity index (χ0n) is 11.1. The lowest BCUT2D eigenvalue weighted by Gasteiger charge is -2.41. The molecule has 2 aliphatic rings. The maximum absolute atomic E-state index is 14.4. The molecule has 1 atom stereocenters. The van der Waals surface area contributed by atoms with Crippen molar-refractivity contribution in [3.8, 4) is 6.07 Å². The highest BCUT2D eigenvalue weighted by Crippen LogP contribution is 2.42. The van der Waals surface area contributed by atoms with Gasteiger partial charge in [0.15, 0.2) is 0 Å². The molecule has 1 saturated heterocycles. The first kappa shape index (κ1) is 15.1. The van der Waals surface area contributed by atoms with Crippen molar-refractivity contribution in [3.63, 3.8) is 0 Å². The van der Waals surface area contributed by atoms with Gasteiger partial charge in [-0.2, -0.15) is 14.0 Å². The van der Waals surface area contributed by atoms with Gasteiger partial charge in [0.25, 0.3) is 5.91 Å². The molecule has 5 nitrogen and oxygen atoms in total. The number of aliphatic hydroxyl groups is 1. The molecule has 7 heteroatoms. The quantitative estimate of drug-likeness (QED) is 0.825. The Morgan fingerprint density at radius 1 is 1.40 bits per heavy atom. The van der Waals surface area contributed by atoms with E-state index in [1.54, 1.807) is 6.07 Å². The van der Waals surface area contributed by atoms with E-state index in [9.17, 15) is 18.7 Å². The smallest absolute Gasteiger partial charge is 0.352 e. The summed E-state index contributed by atoms with van der Waals surface area (Å²) in [4.78, 5) is 12.9. The lowest BCUT2D eigenvalue weighted by Crippen LogP contribution is -2.62. The molecule has 20 heavy (non-hydrogen) atoms. The third-order valence-electron chi connectivity index (χ3n) is 4.07. The van der Waals surface area contributed by atoms with Gasteiger partial charge in [0.05, 0.1) is 19.3 Å². The van der Waals surface area contributed by atoms with E-state index < -0.39 is 23.5 Å². The molecule has 0 bridgehead atoms. The fourth-order valence-electron chi connectivity index (χ4n) is 2.78. The largest absolute Gasteiger partial charge is 0.383 e. The van der Waals surface area contributed by atoms with Crippen LogP contribution in [0.3, 0.4) is 0 Å². The molecular weight excluding hydrogens is 270 g/mol. The minimum atomic E-state index is -3.86. The number of hydrogen-bond donors (Lipinski definition) is 1. The highest BCUT2D eigenvalue weighted by molar-refractivity contribution is 5.85. The Bertz CT molecular complexity index is 416. The minimum absolute atomic E-state index is 0.0528. The summed E-state index contributed by atoms with van der Waals surface area (Å²) in [6, 6.07) is 0.768. The first-order valence-electron chi connectivity index (χ1n) is 6.81. The van der Waals surface area contributed by atoms with Gasteiger partial charge in [-0.15, -0.1) is 0 Å². The number of nitriles is 1. The molecule has 112 valence electrons. The van der Waals surface area contributed by atoms with Crippen molar-refractivity contribution in [2.75, 3.05) is 19.8 Å². The van der Waals surface area contributed by atoms with E-state index in [-0.39, 0.29) is 32.6 Å². The lowest BCUT2D eigenvalue weighted by atomic mass is 9.79. The fourth-order valence-corrected chi connectivity index (χ4v) is 2.78. The first-order valence-corrected chi connectivity index (χ1v) is 6.81. The van der Waals surface area contributed by atoms with E-state index in [1.165, 1.54) is 0 Å². The number of rotatable bonds is 2. The average Bonchev–Trinajstić information content (AvgIpc) is 2.47. The van der Waals surface area contributed by atoms with Gasteiger partial charge in [0.2, 0.25) is 0 Å². The SMILES string of the molecule is N#CC1COCCN1C(=O)C(F)(F)C1(O)CCCCC1. The van der Waals surface area contributed by atoms with Gasteiger partial charge in [0, 0.05) is 6.54 Å². The van der Waals surface area contributed by atoms with Gasteiger partial charge in [-0.1, -0.05) is 19.3 Å². The highest BCUT2D eigenvalue weighted by atomic mass is 19.3. The average molecular weight is 288 g/mol. The van der Waals surface area contributed by atoms with Gasteiger partial charge in [-0.25, -0.2) is 0 Å². The predicted octanol–water partition coefficient (Wildman–Crippen LogP) is 1.07. The normalized spacial score (nSPS) is 26.9. The van der Waals surface area contributed by atoms with Crippen molar-refractivity contribution in [1.82, 2.24) is 4.90 Å². The van der Waals surface area contributed by atoms with Gasteiger partial charge in [-0.05, 0) is 12.8 Å². The third-order valence-corrected chi connectivity index (χ3v) is 4.07. The number of halogens is 2. The standard InChI is InChI=1S/C13H18F2N2O3/c14-13(15,12(19)4-2-1-3-5-12)11(18)17-6-7-20-9-10(17)8-16/h10,19H,1-7,9H2. The van der Waals surface area contributed by atoms with E-state index in [0.717, 1.165) is 11.3 Å². The number of alkyl halides is 2. The molecule has 1 unspecified atom stereocenters. The van der Waals surface area contributed by atoms with Crippen LogP contribution in [0.25, 0.3) is 0 Å². The zero-order valence-corrected chi connectivity index (χ0v) is 11.1. The number of amides is 1. The summed E-state index contributed by atoms with van der Waals surface area (Å²) in [5.74, 6) is -5.32. The Labute approximate surface area is 116 Å². The van der Waals surface area contributed by atoms with Gasteiger partial charge < -0.3 is 14.7 Å². The summed E-state index contributed by atoms with van der Waals surface area (Å²) in [6.45, 7) is -0.00208. The molecule has 1 heterocycles. The Morgan fingerprint density at radius 2 is 2.05 bits per heavy atom. The first-order chi connectivity index (χ1) is 9.42. The van der Waals surface area contributed by atoms with Crippen LogP contribution in [0.4, 0.5) is 8.78 Å². The van der Waals surface area contributed by atoms with Crippen LogP contribution in [-0.2, 0) is 9.53 Å². The number of morpholine rings is 1. The monoisotopic (exact) mass is 288 g/mol. The van der Waals surface area contributed by atoms with E-state index in [4.69, 9.17) is 10.00 Å². The van der Waals surface area contributed by atoms with Crippen LogP contribution in [-0.4, -0.2) is 53.2 Å². The van der Waals surface area contributed by atoms with Crippen molar-refractivity contribution in [2.45, 2.75) is 49.7 Å². The molecule has 2 fully saturated rings. The Morgan fingerprint density at radius 3 is 2.65 bits per heavy atom.